The molecule has 0 radical (unpaired) electrons. The fourth-order valence-electron chi connectivity index (χ4n) is 1.64. The second kappa shape index (κ2) is 7.42. The first-order valence-electron chi connectivity index (χ1n) is 5.68. The maximum Gasteiger partial charge on any atom is 0.271 e. The predicted molar refractivity (Wildman–Crippen MR) is 76.6 cm³/mol. The molecule has 8 heteroatoms. The summed E-state index contributed by atoms with van der Waals surface area (Å²) in [5.74, 6) is -0.391. The van der Waals surface area contributed by atoms with Crippen molar-refractivity contribution >= 4 is 34.8 Å². The number of rotatable bonds is 6. The number of hydrogen-bond donors (Lipinski definition) is 0. The molecule has 1 rings (SSSR count). The van der Waals surface area contributed by atoms with Gasteiger partial charge >= 0.3 is 0 Å². The molecule has 0 aliphatic carbocycles. The Kier molecular flexibility index (Phi) is 6.19. The van der Waals surface area contributed by atoms with Crippen molar-refractivity contribution in [1.82, 2.24) is 4.90 Å². The van der Waals surface area contributed by atoms with Crippen molar-refractivity contribution in [2.75, 3.05) is 27.3 Å². The Labute approximate surface area is 126 Å². The SMILES string of the molecule is COCC(Cl)CN(C)C(=O)c1cc(Cl)cc([N+](=O)[O-])c1. The first kappa shape index (κ1) is 16.7. The summed E-state index contributed by atoms with van der Waals surface area (Å²) in [5, 5.41) is 10.5. The minimum absolute atomic E-state index is 0.135. The van der Waals surface area contributed by atoms with Gasteiger partial charge in [0.1, 0.15) is 0 Å². The normalized spacial score (nSPS) is 12.0. The number of methoxy groups -OCH3 is 1. The highest BCUT2D eigenvalue weighted by molar-refractivity contribution is 6.31. The van der Waals surface area contributed by atoms with Gasteiger partial charge in [-0.2, -0.15) is 0 Å². The van der Waals surface area contributed by atoms with Crippen molar-refractivity contribution in [1.29, 1.82) is 0 Å². The van der Waals surface area contributed by atoms with Crippen LogP contribution in [-0.4, -0.2) is 48.4 Å². The molecule has 0 aliphatic rings. The number of carbonyl (C=O) groups excluding carboxylic acids is 1. The Morgan fingerprint density at radius 3 is 2.70 bits per heavy atom. The second-order valence-electron chi connectivity index (χ2n) is 4.19. The molecule has 0 fully saturated rings. The molecule has 6 nitrogen and oxygen atoms in total. The van der Waals surface area contributed by atoms with Gasteiger partial charge in [0.15, 0.2) is 0 Å². The summed E-state index contributed by atoms with van der Waals surface area (Å²) in [4.78, 5) is 23.7. The third-order valence-electron chi connectivity index (χ3n) is 2.51. The van der Waals surface area contributed by atoms with Crippen molar-refractivity contribution in [3.8, 4) is 0 Å². The molecular weight excluding hydrogens is 307 g/mol. The van der Waals surface area contributed by atoms with Crippen molar-refractivity contribution in [3.63, 3.8) is 0 Å². The van der Waals surface area contributed by atoms with E-state index in [1.54, 1.807) is 7.05 Å². The molecular formula is C12H14Cl2N2O4. The fraction of sp³-hybridized carbons (Fsp3) is 0.417. The molecule has 1 aromatic carbocycles. The number of non-ortho nitro benzene ring substituents is 1. The van der Waals surface area contributed by atoms with Gasteiger partial charge in [0.25, 0.3) is 11.6 Å². The summed E-state index contributed by atoms with van der Waals surface area (Å²) < 4.78 is 4.88. The molecule has 1 aromatic rings. The average Bonchev–Trinajstić information content (AvgIpc) is 2.37. The highest BCUT2D eigenvalue weighted by Gasteiger charge is 2.19. The number of hydrogen-bond acceptors (Lipinski definition) is 4. The fourth-order valence-corrected chi connectivity index (χ4v) is 2.20. The maximum atomic E-state index is 12.2. The molecule has 0 saturated heterocycles. The van der Waals surface area contributed by atoms with Crippen LogP contribution in [0.5, 0.6) is 0 Å². The number of alkyl halides is 1. The first-order chi connectivity index (χ1) is 9.35. The zero-order valence-corrected chi connectivity index (χ0v) is 12.5. The lowest BCUT2D eigenvalue weighted by atomic mass is 10.1. The molecule has 0 aromatic heterocycles. The van der Waals surface area contributed by atoms with E-state index in [2.05, 4.69) is 0 Å². The van der Waals surface area contributed by atoms with Crippen LogP contribution >= 0.6 is 23.2 Å². The largest absolute Gasteiger partial charge is 0.383 e. The Morgan fingerprint density at radius 1 is 1.50 bits per heavy atom. The van der Waals surface area contributed by atoms with E-state index in [-0.39, 0.29) is 28.2 Å². The van der Waals surface area contributed by atoms with E-state index in [4.69, 9.17) is 27.9 Å². The Hall–Kier alpha value is -1.37. The summed E-state index contributed by atoms with van der Waals surface area (Å²) in [6.07, 6.45) is 0. The van der Waals surface area contributed by atoms with Crippen molar-refractivity contribution in [3.05, 3.63) is 38.9 Å². The smallest absolute Gasteiger partial charge is 0.271 e. The van der Waals surface area contributed by atoms with Crippen LogP contribution in [0.1, 0.15) is 10.4 Å². The van der Waals surface area contributed by atoms with E-state index < -0.39 is 10.8 Å². The molecule has 0 heterocycles. The molecule has 1 unspecified atom stereocenters. The van der Waals surface area contributed by atoms with Crippen LogP contribution in [0.3, 0.4) is 0 Å². The number of benzene rings is 1. The van der Waals surface area contributed by atoms with Crippen molar-refractivity contribution < 1.29 is 14.5 Å². The Bertz CT molecular complexity index is 510. The van der Waals surface area contributed by atoms with Crippen molar-refractivity contribution in [2.24, 2.45) is 0 Å². The van der Waals surface area contributed by atoms with Crippen LogP contribution in [-0.2, 0) is 4.74 Å². The molecule has 0 N–H and O–H groups in total. The number of carbonyl (C=O) groups is 1. The lowest BCUT2D eigenvalue weighted by Crippen LogP contribution is -2.33. The Balaban J connectivity index is 2.88. The number of nitro benzene ring substituents is 1. The van der Waals surface area contributed by atoms with Gasteiger partial charge in [-0.3, -0.25) is 14.9 Å². The van der Waals surface area contributed by atoms with Crippen LogP contribution in [0, 0.1) is 10.1 Å². The van der Waals surface area contributed by atoms with Gasteiger partial charge in [-0.1, -0.05) is 11.6 Å². The summed E-state index contributed by atoms with van der Waals surface area (Å²) >= 11 is 11.7. The topological polar surface area (TPSA) is 72.7 Å². The summed E-state index contributed by atoms with van der Waals surface area (Å²) in [5.41, 5.74) is -0.0819. The predicted octanol–water partition coefficient (Wildman–Crippen LogP) is 2.57. The molecule has 1 amide bonds. The standard InChI is InChI=1S/C12H14Cl2N2O4/c1-15(6-10(14)7-20-2)12(17)8-3-9(13)5-11(4-8)16(18)19/h3-5,10H,6-7H2,1-2H3. The molecule has 0 bridgehead atoms. The number of halogens is 2. The summed E-state index contributed by atoms with van der Waals surface area (Å²) in [6, 6.07) is 3.75. The molecule has 0 aliphatic heterocycles. The maximum absolute atomic E-state index is 12.2. The highest BCUT2D eigenvalue weighted by atomic mass is 35.5. The van der Waals surface area contributed by atoms with Gasteiger partial charge in [-0.25, -0.2) is 0 Å². The van der Waals surface area contributed by atoms with Gasteiger partial charge in [0.05, 0.1) is 16.9 Å². The van der Waals surface area contributed by atoms with E-state index >= 15 is 0 Å². The monoisotopic (exact) mass is 320 g/mol. The zero-order chi connectivity index (χ0) is 15.3. The lowest BCUT2D eigenvalue weighted by Gasteiger charge is -2.20. The molecule has 0 spiro atoms. The zero-order valence-electron chi connectivity index (χ0n) is 11.0. The van der Waals surface area contributed by atoms with Gasteiger partial charge < -0.3 is 9.64 Å². The second-order valence-corrected chi connectivity index (χ2v) is 5.25. The summed E-state index contributed by atoms with van der Waals surface area (Å²) in [6.45, 7) is 0.559. The van der Waals surface area contributed by atoms with Crippen LogP contribution in [0.15, 0.2) is 18.2 Å². The minimum Gasteiger partial charge on any atom is -0.383 e. The molecule has 110 valence electrons. The van der Waals surface area contributed by atoms with E-state index in [0.717, 1.165) is 0 Å². The molecule has 20 heavy (non-hydrogen) atoms. The van der Waals surface area contributed by atoms with E-state index in [0.29, 0.717) is 6.61 Å². The third-order valence-corrected chi connectivity index (χ3v) is 2.99. The van der Waals surface area contributed by atoms with Crippen molar-refractivity contribution in [2.45, 2.75) is 5.38 Å². The number of nitrogens with zero attached hydrogens (tertiary/aromatic N) is 2. The minimum atomic E-state index is -0.599. The number of amides is 1. The van der Waals surface area contributed by atoms with Gasteiger partial charge in [0, 0.05) is 43.4 Å². The average molecular weight is 321 g/mol. The van der Waals surface area contributed by atoms with Crippen LogP contribution in [0.2, 0.25) is 5.02 Å². The van der Waals surface area contributed by atoms with E-state index in [1.165, 1.54) is 30.2 Å². The lowest BCUT2D eigenvalue weighted by molar-refractivity contribution is -0.384. The molecule has 1 atom stereocenters. The van der Waals surface area contributed by atoms with Gasteiger partial charge in [-0.15, -0.1) is 11.6 Å². The molecule has 0 saturated carbocycles. The van der Waals surface area contributed by atoms with Gasteiger partial charge in [0.2, 0.25) is 0 Å². The number of ether oxygens (including phenoxy) is 1. The van der Waals surface area contributed by atoms with E-state index in [9.17, 15) is 14.9 Å². The third kappa shape index (κ3) is 4.63. The first-order valence-corrected chi connectivity index (χ1v) is 6.50. The highest BCUT2D eigenvalue weighted by Crippen LogP contribution is 2.21. The Morgan fingerprint density at radius 2 is 2.15 bits per heavy atom. The van der Waals surface area contributed by atoms with Crippen LogP contribution in [0.25, 0.3) is 0 Å². The van der Waals surface area contributed by atoms with E-state index in [1.807, 2.05) is 0 Å². The van der Waals surface area contributed by atoms with Gasteiger partial charge in [-0.05, 0) is 6.07 Å². The quantitative estimate of drug-likeness (QED) is 0.458. The van der Waals surface area contributed by atoms with Crippen LogP contribution < -0.4 is 0 Å². The van der Waals surface area contributed by atoms with Crippen LogP contribution in [0.4, 0.5) is 5.69 Å². The summed E-state index contributed by atoms with van der Waals surface area (Å²) in [7, 11) is 3.07. The number of nitro groups is 1.